The van der Waals surface area contributed by atoms with Crippen molar-refractivity contribution in [3.05, 3.63) is 48.5 Å². The zero-order valence-electron chi connectivity index (χ0n) is 13.9. The summed E-state index contributed by atoms with van der Waals surface area (Å²) in [6.45, 7) is 4.10. The average molecular weight is 329 g/mol. The van der Waals surface area contributed by atoms with Crippen LogP contribution < -0.4 is 19.1 Å². The van der Waals surface area contributed by atoms with Gasteiger partial charge in [0.2, 0.25) is 6.79 Å². The van der Waals surface area contributed by atoms with Gasteiger partial charge in [0.25, 0.3) is 0 Å². The first-order valence-corrected chi connectivity index (χ1v) is 8.23. The van der Waals surface area contributed by atoms with E-state index in [-0.39, 0.29) is 12.9 Å². The van der Waals surface area contributed by atoms with Crippen molar-refractivity contribution in [1.29, 1.82) is 0 Å². The summed E-state index contributed by atoms with van der Waals surface area (Å²) < 4.78 is 16.4. The van der Waals surface area contributed by atoms with Crippen LogP contribution in [0.3, 0.4) is 0 Å². The molecule has 2 aromatic carbocycles. The van der Waals surface area contributed by atoms with E-state index in [2.05, 4.69) is 17.0 Å². The second-order valence-electron chi connectivity index (χ2n) is 5.85. The fourth-order valence-corrected chi connectivity index (χ4v) is 2.70. The molecule has 0 amide bonds. The maximum Gasteiger partial charge on any atom is 0.231 e. The minimum Gasteiger partial charge on any atom is -0.493 e. The summed E-state index contributed by atoms with van der Waals surface area (Å²) in [5.41, 5.74) is 1.11. The van der Waals surface area contributed by atoms with Gasteiger partial charge in [0.1, 0.15) is 5.75 Å². The Morgan fingerprint density at radius 1 is 1.12 bits per heavy atom. The molecule has 0 saturated carbocycles. The van der Waals surface area contributed by atoms with Crippen LogP contribution in [0.15, 0.2) is 48.5 Å². The van der Waals surface area contributed by atoms with Gasteiger partial charge in [-0.3, -0.25) is 0 Å². The summed E-state index contributed by atoms with van der Waals surface area (Å²) in [5.74, 6) is 2.27. The Morgan fingerprint density at radius 2 is 1.92 bits per heavy atom. The highest BCUT2D eigenvalue weighted by atomic mass is 16.7. The van der Waals surface area contributed by atoms with Gasteiger partial charge in [0.05, 0.1) is 12.7 Å². The van der Waals surface area contributed by atoms with Crippen molar-refractivity contribution in [2.75, 3.05) is 31.4 Å². The molecule has 24 heavy (non-hydrogen) atoms. The Labute approximate surface area is 142 Å². The molecule has 0 radical (unpaired) electrons. The molecule has 0 aromatic heterocycles. The van der Waals surface area contributed by atoms with Gasteiger partial charge in [-0.1, -0.05) is 18.2 Å². The maximum atomic E-state index is 9.71. The summed E-state index contributed by atoms with van der Waals surface area (Å²) in [4.78, 5) is 2.17. The number of ether oxygens (including phenoxy) is 3. The fraction of sp³-hybridized carbons (Fsp3) is 0.368. The van der Waals surface area contributed by atoms with Gasteiger partial charge in [0, 0.05) is 24.8 Å². The summed E-state index contributed by atoms with van der Waals surface area (Å²) >= 11 is 0. The first-order valence-electron chi connectivity index (χ1n) is 8.23. The topological polar surface area (TPSA) is 51.2 Å². The lowest BCUT2D eigenvalue weighted by atomic mass is 10.2. The van der Waals surface area contributed by atoms with Crippen molar-refractivity contribution < 1.29 is 19.3 Å². The van der Waals surface area contributed by atoms with Crippen LogP contribution >= 0.6 is 0 Å². The normalized spacial score (nSPS) is 13.6. The van der Waals surface area contributed by atoms with Crippen LogP contribution in [0.5, 0.6) is 17.2 Å². The van der Waals surface area contributed by atoms with E-state index in [0.717, 1.165) is 35.9 Å². The van der Waals surface area contributed by atoms with E-state index >= 15 is 0 Å². The molecule has 1 atom stereocenters. The van der Waals surface area contributed by atoms with Crippen LogP contribution in [0.4, 0.5) is 5.69 Å². The molecule has 5 heteroatoms. The molecule has 128 valence electrons. The van der Waals surface area contributed by atoms with Crippen molar-refractivity contribution in [2.45, 2.75) is 19.4 Å². The zero-order valence-corrected chi connectivity index (χ0v) is 13.9. The Kier molecular flexibility index (Phi) is 5.43. The van der Waals surface area contributed by atoms with E-state index in [1.807, 2.05) is 36.4 Å². The number of aliphatic hydroxyl groups is 1. The summed E-state index contributed by atoms with van der Waals surface area (Å²) in [7, 11) is 0. The van der Waals surface area contributed by atoms with Gasteiger partial charge >= 0.3 is 0 Å². The van der Waals surface area contributed by atoms with Crippen molar-refractivity contribution in [2.24, 2.45) is 0 Å². The van der Waals surface area contributed by atoms with E-state index < -0.39 is 0 Å². The van der Waals surface area contributed by atoms with E-state index in [1.54, 1.807) is 6.92 Å². The van der Waals surface area contributed by atoms with Crippen LogP contribution in [0.1, 0.15) is 13.3 Å². The first kappa shape index (κ1) is 16.5. The largest absolute Gasteiger partial charge is 0.493 e. The highest BCUT2D eigenvalue weighted by Gasteiger charge is 2.14. The van der Waals surface area contributed by atoms with Crippen LogP contribution in [-0.4, -0.2) is 37.7 Å². The molecule has 0 bridgehead atoms. The Bertz CT molecular complexity index is 645. The molecule has 1 heterocycles. The molecule has 0 spiro atoms. The van der Waals surface area contributed by atoms with Crippen LogP contribution in [-0.2, 0) is 0 Å². The van der Waals surface area contributed by atoms with Crippen LogP contribution in [0.25, 0.3) is 0 Å². The van der Waals surface area contributed by atoms with Gasteiger partial charge in [-0.25, -0.2) is 0 Å². The molecule has 1 unspecified atom stereocenters. The quantitative estimate of drug-likeness (QED) is 0.754. The maximum absolute atomic E-state index is 9.71. The summed E-state index contributed by atoms with van der Waals surface area (Å²) in [6, 6.07) is 15.7. The van der Waals surface area contributed by atoms with E-state index in [1.165, 1.54) is 0 Å². The Morgan fingerprint density at radius 3 is 2.71 bits per heavy atom. The average Bonchev–Trinajstić information content (AvgIpc) is 3.06. The number of benzene rings is 2. The zero-order chi connectivity index (χ0) is 16.8. The highest BCUT2D eigenvalue weighted by Crippen LogP contribution is 2.35. The number of para-hydroxylation sites is 1. The Hall–Kier alpha value is -2.40. The van der Waals surface area contributed by atoms with Gasteiger partial charge < -0.3 is 24.2 Å². The number of rotatable bonds is 8. The molecule has 0 saturated heterocycles. The van der Waals surface area contributed by atoms with Gasteiger partial charge in [-0.15, -0.1) is 0 Å². The SMILES string of the molecule is CC(O)CN(CCCOc1ccc2c(c1)OCO2)c1ccccc1. The minimum absolute atomic E-state index is 0.268. The third kappa shape index (κ3) is 4.32. The van der Waals surface area contributed by atoms with Crippen molar-refractivity contribution >= 4 is 5.69 Å². The Balaban J connectivity index is 1.50. The molecule has 2 aromatic rings. The number of anilines is 1. The lowest BCUT2D eigenvalue weighted by molar-refractivity contribution is 0.173. The second-order valence-corrected chi connectivity index (χ2v) is 5.85. The molecule has 3 rings (SSSR count). The van der Waals surface area contributed by atoms with Gasteiger partial charge in [-0.05, 0) is 37.6 Å². The van der Waals surface area contributed by atoms with Crippen LogP contribution in [0.2, 0.25) is 0 Å². The molecular formula is C19H23NO4. The van der Waals surface area contributed by atoms with E-state index in [4.69, 9.17) is 14.2 Å². The number of hydrogen-bond donors (Lipinski definition) is 1. The third-order valence-corrected chi connectivity index (χ3v) is 3.79. The van der Waals surface area contributed by atoms with Crippen LogP contribution in [0, 0.1) is 0 Å². The number of aliphatic hydroxyl groups excluding tert-OH is 1. The monoisotopic (exact) mass is 329 g/mol. The van der Waals surface area contributed by atoms with Crippen molar-refractivity contribution in [3.8, 4) is 17.2 Å². The lowest BCUT2D eigenvalue weighted by Gasteiger charge is -2.26. The van der Waals surface area contributed by atoms with Crippen molar-refractivity contribution in [1.82, 2.24) is 0 Å². The molecule has 0 fully saturated rings. The second kappa shape index (κ2) is 7.93. The summed E-state index contributed by atoms with van der Waals surface area (Å²) in [5, 5.41) is 9.71. The molecule has 1 N–H and O–H groups in total. The smallest absolute Gasteiger partial charge is 0.231 e. The molecule has 1 aliphatic rings. The van der Waals surface area contributed by atoms with Crippen molar-refractivity contribution in [3.63, 3.8) is 0 Å². The fourth-order valence-electron chi connectivity index (χ4n) is 2.70. The third-order valence-electron chi connectivity index (χ3n) is 3.79. The first-order chi connectivity index (χ1) is 11.7. The van der Waals surface area contributed by atoms with E-state index in [9.17, 15) is 5.11 Å². The van der Waals surface area contributed by atoms with Gasteiger partial charge in [-0.2, -0.15) is 0 Å². The number of hydrogen-bond acceptors (Lipinski definition) is 5. The number of nitrogens with zero attached hydrogens (tertiary/aromatic N) is 1. The predicted octanol–water partition coefficient (Wildman–Crippen LogP) is 3.07. The van der Waals surface area contributed by atoms with Gasteiger partial charge in [0.15, 0.2) is 11.5 Å². The lowest BCUT2D eigenvalue weighted by Crippen LogP contribution is -2.32. The minimum atomic E-state index is -0.375. The summed E-state index contributed by atoms with van der Waals surface area (Å²) in [6.07, 6.45) is 0.482. The number of fused-ring (bicyclic) bond motifs is 1. The molecule has 5 nitrogen and oxygen atoms in total. The predicted molar refractivity (Wildman–Crippen MR) is 93.0 cm³/mol. The molecule has 0 aliphatic carbocycles. The standard InChI is InChI=1S/C19H23NO4/c1-15(21)13-20(16-6-3-2-4-7-16)10-5-11-22-17-8-9-18-19(12-17)24-14-23-18/h2-4,6-9,12,15,21H,5,10-11,13-14H2,1H3. The highest BCUT2D eigenvalue weighted by molar-refractivity contribution is 5.47. The molecular weight excluding hydrogens is 306 g/mol. The molecule has 1 aliphatic heterocycles. The van der Waals surface area contributed by atoms with E-state index in [0.29, 0.717) is 13.2 Å².